The van der Waals surface area contributed by atoms with Crippen LogP contribution in [0.5, 0.6) is 0 Å². The van der Waals surface area contributed by atoms with Crippen molar-refractivity contribution in [2.75, 3.05) is 24.7 Å². The molecule has 188 valence electrons. The molecule has 36 heavy (non-hydrogen) atoms. The van der Waals surface area contributed by atoms with Crippen LogP contribution in [0.4, 0.5) is 5.82 Å². The van der Waals surface area contributed by atoms with E-state index >= 15 is 0 Å². The molecule has 9 nitrogen and oxygen atoms in total. The van der Waals surface area contributed by atoms with E-state index in [2.05, 4.69) is 6.58 Å². The summed E-state index contributed by atoms with van der Waals surface area (Å²) in [7, 11) is -3.97. The maximum atomic E-state index is 13.9. The van der Waals surface area contributed by atoms with Gasteiger partial charge in [-0.05, 0) is 37.5 Å². The number of aromatic nitrogens is 2. The number of hydrogen-bond acceptors (Lipinski definition) is 8. The standard InChI is InChI=1S/C25H26ClN5O4S/c1-15-14-35-11-10-31(15)22-13-21(29-24(30-22)16-2-5-18(27)6-3-16)25(8-9-25)36(33,34)20-7-4-17(23(28)32)12-19(20)26/h2-5,7,12-13,18H,1,6,8-11,14,27H2,(H2,28,32). The lowest BCUT2D eigenvalue weighted by Gasteiger charge is -2.31. The number of carbonyl (C=O) groups is 1. The SMILES string of the molecule is C=C1COCCN1c1cc(C2(S(=O)(=O)c3ccc(C(N)=O)cc3Cl)CC2)nc(C2=CCC(N)C=C2)n1. The first-order chi connectivity index (χ1) is 17.1. The Morgan fingerprint density at radius 1 is 1.25 bits per heavy atom. The number of sulfone groups is 1. The molecule has 2 heterocycles. The average molecular weight is 528 g/mol. The Kier molecular flexibility index (Phi) is 6.24. The Morgan fingerprint density at radius 2 is 2.03 bits per heavy atom. The highest BCUT2D eigenvalue weighted by molar-refractivity contribution is 7.92. The summed E-state index contributed by atoms with van der Waals surface area (Å²) in [5.41, 5.74) is 13.3. The number of anilines is 1. The van der Waals surface area contributed by atoms with Gasteiger partial charge in [-0.1, -0.05) is 36.4 Å². The molecule has 1 aromatic carbocycles. The highest BCUT2D eigenvalue weighted by Crippen LogP contribution is 2.56. The summed E-state index contributed by atoms with van der Waals surface area (Å²) in [5, 5.41) is -0.0551. The predicted octanol–water partition coefficient (Wildman–Crippen LogP) is 2.71. The van der Waals surface area contributed by atoms with Crippen molar-refractivity contribution in [2.45, 2.75) is 34.9 Å². The van der Waals surface area contributed by atoms with Crippen molar-refractivity contribution in [3.63, 3.8) is 0 Å². The first kappa shape index (κ1) is 24.6. The molecule has 1 aromatic heterocycles. The van der Waals surface area contributed by atoms with Crippen LogP contribution in [0.3, 0.4) is 0 Å². The van der Waals surface area contributed by atoms with Crippen LogP contribution in [0.1, 0.15) is 41.1 Å². The van der Waals surface area contributed by atoms with Crippen molar-refractivity contribution < 1.29 is 17.9 Å². The van der Waals surface area contributed by atoms with Gasteiger partial charge in [-0.2, -0.15) is 0 Å². The number of primary amides is 1. The Labute approximate surface area is 214 Å². The molecule has 1 atom stereocenters. The lowest BCUT2D eigenvalue weighted by atomic mass is 10.0. The van der Waals surface area contributed by atoms with Gasteiger partial charge in [-0.25, -0.2) is 18.4 Å². The smallest absolute Gasteiger partial charge is 0.248 e. The van der Waals surface area contributed by atoms with Crippen LogP contribution >= 0.6 is 11.6 Å². The minimum Gasteiger partial charge on any atom is -0.373 e. The van der Waals surface area contributed by atoms with Crippen LogP contribution < -0.4 is 16.4 Å². The molecule has 5 rings (SSSR count). The highest BCUT2D eigenvalue weighted by atomic mass is 35.5. The zero-order valence-corrected chi connectivity index (χ0v) is 21.1. The highest BCUT2D eigenvalue weighted by Gasteiger charge is 2.58. The van der Waals surface area contributed by atoms with E-state index in [4.69, 9.17) is 37.8 Å². The van der Waals surface area contributed by atoms with Crippen molar-refractivity contribution in [1.29, 1.82) is 0 Å². The Hall–Kier alpha value is -3.05. The van der Waals surface area contributed by atoms with Crippen LogP contribution in [0.2, 0.25) is 5.02 Å². The van der Waals surface area contributed by atoms with Crippen LogP contribution in [-0.2, 0) is 19.3 Å². The van der Waals surface area contributed by atoms with E-state index in [-0.39, 0.29) is 21.5 Å². The Bertz CT molecular complexity index is 1430. The fraction of sp³-hybridized carbons (Fsp3) is 0.320. The molecular weight excluding hydrogens is 502 g/mol. The van der Waals surface area contributed by atoms with E-state index in [1.807, 2.05) is 23.1 Å². The van der Waals surface area contributed by atoms with E-state index < -0.39 is 20.5 Å². The number of carbonyl (C=O) groups excluding carboxylic acids is 1. The number of allylic oxidation sites excluding steroid dienone is 2. The molecule has 2 fully saturated rings. The largest absolute Gasteiger partial charge is 0.373 e. The molecule has 1 saturated carbocycles. The second kappa shape index (κ2) is 9.11. The van der Waals surface area contributed by atoms with Gasteiger partial charge in [0.2, 0.25) is 5.91 Å². The number of hydrogen-bond donors (Lipinski definition) is 2. The van der Waals surface area contributed by atoms with Crippen LogP contribution in [0, 0.1) is 0 Å². The fourth-order valence-corrected chi connectivity index (χ4v) is 6.94. The summed E-state index contributed by atoms with van der Waals surface area (Å²) in [6, 6.07) is 5.61. The minimum atomic E-state index is -3.97. The minimum absolute atomic E-state index is 0.0551. The van der Waals surface area contributed by atoms with Gasteiger partial charge in [-0.15, -0.1) is 0 Å². The molecule has 1 unspecified atom stereocenters. The van der Waals surface area contributed by atoms with E-state index in [0.29, 0.717) is 56.4 Å². The summed E-state index contributed by atoms with van der Waals surface area (Å²) >= 11 is 6.33. The summed E-state index contributed by atoms with van der Waals surface area (Å²) in [6.07, 6.45) is 7.08. The summed E-state index contributed by atoms with van der Waals surface area (Å²) < 4.78 is 32.1. The van der Waals surface area contributed by atoms with Gasteiger partial charge in [0.1, 0.15) is 10.6 Å². The average Bonchev–Trinajstić information content (AvgIpc) is 3.67. The molecule has 0 radical (unpaired) electrons. The lowest BCUT2D eigenvalue weighted by molar-refractivity contribution is 0.1000. The van der Waals surface area contributed by atoms with Gasteiger partial charge in [-0.3, -0.25) is 4.79 Å². The maximum absolute atomic E-state index is 13.9. The Balaban J connectivity index is 1.63. The first-order valence-electron chi connectivity index (χ1n) is 11.5. The van der Waals surface area contributed by atoms with Crippen molar-refractivity contribution in [1.82, 2.24) is 9.97 Å². The molecule has 2 aromatic rings. The molecule has 2 aliphatic carbocycles. The summed E-state index contributed by atoms with van der Waals surface area (Å²) in [5.74, 6) is 0.289. The number of rotatable bonds is 6. The lowest BCUT2D eigenvalue weighted by Crippen LogP contribution is -2.35. The summed E-state index contributed by atoms with van der Waals surface area (Å²) in [6.45, 7) is 5.48. The molecular formula is C25H26ClN5O4S. The van der Waals surface area contributed by atoms with Gasteiger partial charge in [0.25, 0.3) is 0 Å². The van der Waals surface area contributed by atoms with Gasteiger partial charge >= 0.3 is 0 Å². The molecule has 1 amide bonds. The van der Waals surface area contributed by atoms with Crippen LogP contribution in [-0.4, -0.2) is 50.1 Å². The topological polar surface area (TPSA) is 142 Å². The monoisotopic (exact) mass is 527 g/mol. The third-order valence-electron chi connectivity index (χ3n) is 6.68. The molecule has 3 aliphatic rings. The fourth-order valence-electron chi connectivity index (χ4n) is 4.45. The second-order valence-corrected chi connectivity index (χ2v) is 11.8. The molecule has 11 heteroatoms. The van der Waals surface area contributed by atoms with Crippen LogP contribution in [0.25, 0.3) is 5.57 Å². The van der Waals surface area contributed by atoms with Gasteiger partial charge < -0.3 is 21.1 Å². The quantitative estimate of drug-likeness (QED) is 0.584. The molecule has 1 saturated heterocycles. The van der Waals surface area contributed by atoms with Gasteiger partial charge in [0.05, 0.1) is 28.8 Å². The number of nitrogens with zero attached hydrogens (tertiary/aromatic N) is 3. The van der Waals surface area contributed by atoms with Crippen molar-refractivity contribution in [2.24, 2.45) is 11.5 Å². The van der Waals surface area contributed by atoms with E-state index in [0.717, 1.165) is 11.3 Å². The van der Waals surface area contributed by atoms with Crippen molar-refractivity contribution in [3.8, 4) is 0 Å². The first-order valence-corrected chi connectivity index (χ1v) is 13.4. The third-order valence-corrected chi connectivity index (χ3v) is 9.69. The Morgan fingerprint density at radius 3 is 2.64 bits per heavy atom. The second-order valence-electron chi connectivity index (χ2n) is 9.13. The number of benzene rings is 1. The van der Waals surface area contributed by atoms with Crippen molar-refractivity contribution >= 4 is 38.7 Å². The number of morpholine rings is 1. The summed E-state index contributed by atoms with van der Waals surface area (Å²) in [4.78, 5) is 22.9. The zero-order valence-electron chi connectivity index (χ0n) is 19.5. The zero-order chi connectivity index (χ0) is 25.7. The van der Waals surface area contributed by atoms with E-state index in [1.165, 1.54) is 18.2 Å². The van der Waals surface area contributed by atoms with Crippen LogP contribution in [0.15, 0.2) is 59.7 Å². The molecule has 0 spiro atoms. The number of amides is 1. The predicted molar refractivity (Wildman–Crippen MR) is 137 cm³/mol. The van der Waals surface area contributed by atoms with Gasteiger partial charge in [0.15, 0.2) is 15.7 Å². The van der Waals surface area contributed by atoms with Gasteiger partial charge in [0, 0.05) is 35.5 Å². The number of nitrogens with two attached hydrogens (primary N) is 2. The number of halogens is 1. The van der Waals surface area contributed by atoms with E-state index in [1.54, 1.807) is 6.07 Å². The number of ether oxygens (including phenoxy) is 1. The van der Waals surface area contributed by atoms with E-state index in [9.17, 15) is 13.2 Å². The molecule has 1 aliphatic heterocycles. The van der Waals surface area contributed by atoms with Crippen molar-refractivity contribution in [3.05, 3.63) is 76.9 Å². The third kappa shape index (κ3) is 4.24. The normalized spacial score (nSPS) is 21.3. The molecule has 0 bridgehead atoms. The molecule has 4 N–H and O–H groups in total. The maximum Gasteiger partial charge on any atom is 0.248 e.